The van der Waals surface area contributed by atoms with E-state index in [-0.39, 0.29) is 17.4 Å². The van der Waals surface area contributed by atoms with Crippen LogP contribution in [0.15, 0.2) is 41.5 Å². The maximum absolute atomic E-state index is 11.8. The Morgan fingerprint density at radius 2 is 2.19 bits per heavy atom. The van der Waals surface area contributed by atoms with E-state index >= 15 is 0 Å². The zero-order chi connectivity index (χ0) is 15.4. The minimum Gasteiger partial charge on any atom is -0.322 e. The summed E-state index contributed by atoms with van der Waals surface area (Å²) in [5.74, 6) is -0.549. The molecule has 0 atom stereocenters. The van der Waals surface area contributed by atoms with Gasteiger partial charge >= 0.3 is 0 Å². The number of carbonyl (C=O) groups is 1. The molecular formula is C12H9ClN4O4. The van der Waals surface area contributed by atoms with Crippen molar-refractivity contribution in [2.45, 2.75) is 6.54 Å². The van der Waals surface area contributed by atoms with Crippen molar-refractivity contribution in [3.8, 4) is 0 Å². The molecule has 2 aromatic heterocycles. The molecule has 0 saturated heterocycles. The molecule has 9 heteroatoms. The molecule has 0 aliphatic heterocycles. The number of aromatic nitrogens is 2. The summed E-state index contributed by atoms with van der Waals surface area (Å²) >= 11 is 5.79. The van der Waals surface area contributed by atoms with Gasteiger partial charge in [-0.2, -0.15) is 0 Å². The van der Waals surface area contributed by atoms with Gasteiger partial charge in [-0.1, -0.05) is 11.6 Å². The second-order valence-corrected chi connectivity index (χ2v) is 4.36. The third-order valence-corrected chi connectivity index (χ3v) is 2.83. The summed E-state index contributed by atoms with van der Waals surface area (Å²) in [6, 6.07) is 5.24. The Balaban J connectivity index is 2.17. The standard InChI is InChI=1S/C12H9ClN4O4/c13-12-9(2-1-5-14-12)15-10(18)7-16-6-8(17(20)21)3-4-11(16)19/h1-6H,7H2,(H,15,18). The number of pyridine rings is 2. The van der Waals surface area contributed by atoms with Crippen LogP contribution in [0.4, 0.5) is 11.4 Å². The van der Waals surface area contributed by atoms with Gasteiger partial charge in [0.25, 0.3) is 11.2 Å². The van der Waals surface area contributed by atoms with Gasteiger partial charge in [-0.05, 0) is 12.1 Å². The summed E-state index contributed by atoms with van der Waals surface area (Å²) in [7, 11) is 0. The smallest absolute Gasteiger partial charge is 0.285 e. The van der Waals surface area contributed by atoms with Crippen molar-refractivity contribution < 1.29 is 9.72 Å². The molecule has 0 aromatic carbocycles. The summed E-state index contributed by atoms with van der Waals surface area (Å²) in [5, 5.41) is 13.2. The molecule has 0 unspecified atom stereocenters. The number of hydrogen-bond donors (Lipinski definition) is 1. The summed E-state index contributed by atoms with van der Waals surface area (Å²) < 4.78 is 0.942. The van der Waals surface area contributed by atoms with Crippen molar-refractivity contribution >= 4 is 28.9 Å². The van der Waals surface area contributed by atoms with Crippen LogP contribution >= 0.6 is 11.6 Å². The third-order valence-electron chi connectivity index (χ3n) is 2.53. The van der Waals surface area contributed by atoms with E-state index in [1.807, 2.05) is 0 Å². The third kappa shape index (κ3) is 3.63. The normalized spacial score (nSPS) is 10.1. The Morgan fingerprint density at radius 3 is 2.86 bits per heavy atom. The van der Waals surface area contributed by atoms with Crippen molar-refractivity contribution in [1.29, 1.82) is 0 Å². The fourth-order valence-electron chi connectivity index (χ4n) is 1.57. The SMILES string of the molecule is O=C(Cn1cc([N+](=O)[O-])ccc1=O)Nc1cccnc1Cl. The Labute approximate surface area is 123 Å². The molecular weight excluding hydrogens is 300 g/mol. The van der Waals surface area contributed by atoms with Gasteiger partial charge in [0.1, 0.15) is 6.54 Å². The van der Waals surface area contributed by atoms with Gasteiger partial charge in [0, 0.05) is 18.3 Å². The topological polar surface area (TPSA) is 107 Å². The van der Waals surface area contributed by atoms with E-state index in [9.17, 15) is 19.7 Å². The van der Waals surface area contributed by atoms with Gasteiger partial charge in [0.2, 0.25) is 5.91 Å². The predicted octanol–water partition coefficient (Wildman–Crippen LogP) is 1.44. The van der Waals surface area contributed by atoms with E-state index in [0.717, 1.165) is 22.9 Å². The highest BCUT2D eigenvalue weighted by Gasteiger charge is 2.11. The summed E-state index contributed by atoms with van der Waals surface area (Å²) in [6.45, 7) is -0.369. The minimum atomic E-state index is -0.647. The average Bonchev–Trinajstić information content (AvgIpc) is 2.43. The first-order valence-corrected chi connectivity index (χ1v) is 6.10. The van der Waals surface area contributed by atoms with Gasteiger partial charge in [-0.15, -0.1) is 0 Å². The fourth-order valence-corrected chi connectivity index (χ4v) is 1.74. The summed E-state index contributed by atoms with van der Waals surface area (Å²) in [6.07, 6.45) is 2.47. The monoisotopic (exact) mass is 308 g/mol. The number of carbonyl (C=O) groups excluding carboxylic acids is 1. The average molecular weight is 309 g/mol. The van der Waals surface area contributed by atoms with E-state index < -0.39 is 16.4 Å². The zero-order valence-corrected chi connectivity index (χ0v) is 11.3. The molecule has 0 spiro atoms. The Bertz CT molecular complexity index is 759. The number of nitro groups is 1. The van der Waals surface area contributed by atoms with Crippen molar-refractivity contribution in [3.63, 3.8) is 0 Å². The van der Waals surface area contributed by atoms with Crippen LogP contribution in [0.25, 0.3) is 0 Å². The second kappa shape index (κ2) is 6.14. The van der Waals surface area contributed by atoms with E-state index in [1.165, 1.54) is 6.20 Å². The van der Waals surface area contributed by atoms with Crippen LogP contribution in [0.3, 0.4) is 0 Å². The first-order valence-electron chi connectivity index (χ1n) is 5.72. The number of rotatable bonds is 4. The summed E-state index contributed by atoms with van der Waals surface area (Å²) in [4.78, 5) is 37.2. The maximum atomic E-state index is 11.8. The Hall–Kier alpha value is -2.74. The number of halogens is 1. The molecule has 2 rings (SSSR count). The molecule has 0 bridgehead atoms. The number of nitrogens with zero attached hydrogens (tertiary/aromatic N) is 3. The Morgan fingerprint density at radius 1 is 1.43 bits per heavy atom. The van der Waals surface area contributed by atoms with Crippen molar-refractivity contribution in [2.75, 3.05) is 5.32 Å². The van der Waals surface area contributed by atoms with Crippen LogP contribution < -0.4 is 10.9 Å². The lowest BCUT2D eigenvalue weighted by atomic mass is 10.4. The lowest BCUT2D eigenvalue weighted by Gasteiger charge is -2.07. The largest absolute Gasteiger partial charge is 0.322 e. The lowest BCUT2D eigenvalue weighted by Crippen LogP contribution is -2.27. The molecule has 0 saturated carbocycles. The Kier molecular flexibility index (Phi) is 4.29. The molecule has 21 heavy (non-hydrogen) atoms. The molecule has 2 aromatic rings. The highest BCUT2D eigenvalue weighted by molar-refractivity contribution is 6.32. The van der Waals surface area contributed by atoms with Crippen molar-refractivity contribution in [1.82, 2.24) is 9.55 Å². The van der Waals surface area contributed by atoms with Crippen LogP contribution in [0.5, 0.6) is 0 Å². The van der Waals surface area contributed by atoms with Crippen LogP contribution in [-0.2, 0) is 11.3 Å². The molecule has 0 fully saturated rings. The molecule has 1 N–H and O–H groups in total. The quantitative estimate of drug-likeness (QED) is 0.522. The fraction of sp³-hybridized carbons (Fsp3) is 0.0833. The number of amides is 1. The second-order valence-electron chi connectivity index (χ2n) is 4.00. The maximum Gasteiger partial charge on any atom is 0.285 e. The number of nitrogens with one attached hydrogen (secondary N) is 1. The van der Waals surface area contributed by atoms with Gasteiger partial charge < -0.3 is 5.32 Å². The minimum absolute atomic E-state index is 0.109. The number of hydrogen-bond acceptors (Lipinski definition) is 5. The molecule has 0 aliphatic carbocycles. The van der Waals surface area contributed by atoms with E-state index in [1.54, 1.807) is 12.1 Å². The molecule has 108 valence electrons. The zero-order valence-electron chi connectivity index (χ0n) is 10.5. The van der Waals surface area contributed by atoms with Crippen LogP contribution in [-0.4, -0.2) is 20.4 Å². The van der Waals surface area contributed by atoms with Gasteiger partial charge in [-0.3, -0.25) is 24.3 Å². The molecule has 0 radical (unpaired) electrons. The predicted molar refractivity (Wildman–Crippen MR) is 75.2 cm³/mol. The molecule has 8 nitrogen and oxygen atoms in total. The summed E-state index contributed by atoms with van der Waals surface area (Å²) in [5.41, 5.74) is -0.502. The van der Waals surface area contributed by atoms with Gasteiger partial charge in [-0.25, -0.2) is 4.98 Å². The van der Waals surface area contributed by atoms with Crippen molar-refractivity contribution in [3.05, 3.63) is 62.3 Å². The van der Waals surface area contributed by atoms with Crippen LogP contribution in [0.2, 0.25) is 5.15 Å². The van der Waals surface area contributed by atoms with Crippen molar-refractivity contribution in [2.24, 2.45) is 0 Å². The first kappa shape index (κ1) is 14.7. The van der Waals surface area contributed by atoms with E-state index in [0.29, 0.717) is 5.69 Å². The van der Waals surface area contributed by atoms with Gasteiger partial charge in [0.05, 0.1) is 16.8 Å². The highest BCUT2D eigenvalue weighted by Crippen LogP contribution is 2.17. The lowest BCUT2D eigenvalue weighted by molar-refractivity contribution is -0.385. The first-order chi connectivity index (χ1) is 9.97. The molecule has 1 amide bonds. The van der Waals surface area contributed by atoms with Gasteiger partial charge in [0.15, 0.2) is 5.15 Å². The molecule has 0 aliphatic rings. The van der Waals surface area contributed by atoms with E-state index in [2.05, 4.69) is 10.3 Å². The van der Waals surface area contributed by atoms with E-state index in [4.69, 9.17) is 11.6 Å². The number of anilines is 1. The molecule has 2 heterocycles. The highest BCUT2D eigenvalue weighted by atomic mass is 35.5. The van der Waals surface area contributed by atoms with Crippen LogP contribution in [0.1, 0.15) is 0 Å². The van der Waals surface area contributed by atoms with Crippen LogP contribution in [0, 0.1) is 10.1 Å².